The number of hydrogen-bond donors (Lipinski definition) is 2. The minimum Gasteiger partial charge on any atom is -0.480 e. The molecule has 11 heteroatoms. The lowest BCUT2D eigenvalue weighted by atomic mass is 10.1. The molecule has 0 fully saturated rings. The van der Waals surface area contributed by atoms with E-state index in [0.717, 1.165) is 0 Å². The summed E-state index contributed by atoms with van der Waals surface area (Å²) in [5, 5.41) is 3.57. The van der Waals surface area contributed by atoms with Crippen molar-refractivity contribution in [2.75, 3.05) is 30.0 Å². The van der Waals surface area contributed by atoms with E-state index in [1.807, 2.05) is 6.92 Å². The van der Waals surface area contributed by atoms with Crippen LogP contribution in [-0.4, -0.2) is 44.3 Å². The molecule has 0 spiro atoms. The zero-order chi connectivity index (χ0) is 23.5. The summed E-state index contributed by atoms with van der Waals surface area (Å²) in [6, 6.07) is 5.08. The lowest BCUT2D eigenvalue weighted by molar-refractivity contribution is 0.103. The number of thiophene rings is 1. The zero-order valence-corrected chi connectivity index (χ0v) is 20.2. The molecule has 0 aliphatic rings. The highest BCUT2D eigenvalue weighted by Crippen LogP contribution is 2.36. The predicted molar refractivity (Wildman–Crippen MR) is 126 cm³/mol. The molecule has 2 N–H and O–H groups in total. The molecule has 9 nitrogen and oxygen atoms in total. The Morgan fingerprint density at radius 2 is 1.84 bits per heavy atom. The average Bonchev–Trinajstić information content (AvgIpc) is 3.07. The predicted octanol–water partition coefficient (Wildman–Crippen LogP) is 3.87. The number of sulfonamides is 1. The molecule has 0 atom stereocenters. The molecule has 2 heterocycles. The summed E-state index contributed by atoms with van der Waals surface area (Å²) in [6.45, 7) is 5.60. The molecule has 0 aliphatic carbocycles. The number of benzene rings is 1. The molecular weight excluding hydrogens is 452 g/mol. The highest BCUT2D eigenvalue weighted by molar-refractivity contribution is 7.92. The summed E-state index contributed by atoms with van der Waals surface area (Å²) in [5.74, 6) is 0.557. The third-order valence-corrected chi connectivity index (χ3v) is 7.46. The summed E-state index contributed by atoms with van der Waals surface area (Å²) >= 11 is 1.24. The lowest BCUT2D eigenvalue weighted by Gasteiger charge is -2.14. The summed E-state index contributed by atoms with van der Waals surface area (Å²) in [5.41, 5.74) is 2.28. The topological polar surface area (TPSA) is 120 Å². The van der Waals surface area contributed by atoms with Crippen LogP contribution in [-0.2, 0) is 21.4 Å². The van der Waals surface area contributed by atoms with Gasteiger partial charge in [-0.25, -0.2) is 13.4 Å². The molecule has 0 radical (unpaired) electrons. The number of anilines is 2. The standard InChI is InChI=1S/C21H26N4O5S2/c1-6-10-32(27,28)25-15-9-7-8-14(12(15)2)22-19(26)18-13(3)17-20(30-5)23-16(11-29-4)24-21(17)31-18/h7-9,25H,6,10-11H2,1-5H3,(H,22,26). The van der Waals surface area contributed by atoms with Gasteiger partial charge in [0.05, 0.1) is 28.8 Å². The average molecular weight is 479 g/mol. The van der Waals surface area contributed by atoms with Gasteiger partial charge in [-0.3, -0.25) is 9.52 Å². The Labute approximate surface area is 191 Å². The maximum atomic E-state index is 13.1. The Morgan fingerprint density at radius 1 is 1.12 bits per heavy atom. The van der Waals surface area contributed by atoms with Crippen molar-refractivity contribution in [1.29, 1.82) is 0 Å². The van der Waals surface area contributed by atoms with E-state index in [1.165, 1.54) is 18.4 Å². The molecule has 32 heavy (non-hydrogen) atoms. The summed E-state index contributed by atoms with van der Waals surface area (Å²) in [7, 11) is -0.375. The number of aryl methyl sites for hydroxylation is 1. The molecular formula is C21H26N4O5S2. The fourth-order valence-corrected chi connectivity index (χ4v) is 5.53. The van der Waals surface area contributed by atoms with E-state index >= 15 is 0 Å². The van der Waals surface area contributed by atoms with Gasteiger partial charge in [-0.15, -0.1) is 11.3 Å². The number of ether oxygens (including phenoxy) is 2. The SMILES string of the molecule is CCCS(=O)(=O)Nc1cccc(NC(=O)c2sc3nc(COC)nc(OC)c3c2C)c1C. The van der Waals surface area contributed by atoms with E-state index in [9.17, 15) is 13.2 Å². The van der Waals surface area contributed by atoms with Crippen molar-refractivity contribution in [3.8, 4) is 5.88 Å². The Morgan fingerprint density at radius 3 is 2.50 bits per heavy atom. The Balaban J connectivity index is 1.94. The second kappa shape index (κ2) is 9.80. The molecule has 0 bridgehead atoms. The maximum Gasteiger partial charge on any atom is 0.266 e. The van der Waals surface area contributed by atoms with E-state index in [2.05, 4.69) is 20.0 Å². The zero-order valence-electron chi connectivity index (χ0n) is 18.6. The summed E-state index contributed by atoms with van der Waals surface area (Å²) in [6.07, 6.45) is 0.508. The Bertz CT molecular complexity index is 1250. The highest BCUT2D eigenvalue weighted by atomic mass is 32.2. The number of carbonyl (C=O) groups is 1. The van der Waals surface area contributed by atoms with Gasteiger partial charge in [0.15, 0.2) is 5.82 Å². The Kier molecular flexibility index (Phi) is 7.32. The number of nitrogens with zero attached hydrogens (tertiary/aromatic N) is 2. The Hall–Kier alpha value is -2.76. The van der Waals surface area contributed by atoms with Crippen molar-refractivity contribution >= 4 is 48.9 Å². The number of aromatic nitrogens is 2. The maximum absolute atomic E-state index is 13.1. The van der Waals surface area contributed by atoms with Gasteiger partial charge in [-0.2, -0.15) is 4.98 Å². The van der Waals surface area contributed by atoms with Crippen LogP contribution in [0.3, 0.4) is 0 Å². The van der Waals surface area contributed by atoms with Gasteiger partial charge in [0.2, 0.25) is 15.9 Å². The molecule has 3 aromatic rings. The first-order valence-corrected chi connectivity index (χ1v) is 12.4. The van der Waals surface area contributed by atoms with Crippen molar-refractivity contribution in [1.82, 2.24) is 9.97 Å². The van der Waals surface area contributed by atoms with Crippen LogP contribution in [0.1, 0.15) is 40.0 Å². The van der Waals surface area contributed by atoms with Crippen molar-refractivity contribution in [2.45, 2.75) is 33.8 Å². The molecule has 0 unspecified atom stereocenters. The van der Waals surface area contributed by atoms with Crippen LogP contribution in [0.4, 0.5) is 11.4 Å². The van der Waals surface area contributed by atoms with E-state index in [4.69, 9.17) is 9.47 Å². The van der Waals surface area contributed by atoms with Crippen molar-refractivity contribution < 1.29 is 22.7 Å². The highest BCUT2D eigenvalue weighted by Gasteiger charge is 2.22. The normalized spacial score (nSPS) is 11.5. The molecule has 0 saturated heterocycles. The van der Waals surface area contributed by atoms with Crippen LogP contribution in [0.15, 0.2) is 18.2 Å². The molecule has 2 aromatic heterocycles. The third-order valence-electron chi connectivity index (χ3n) is 4.80. The van der Waals surface area contributed by atoms with E-state index in [-0.39, 0.29) is 18.3 Å². The smallest absolute Gasteiger partial charge is 0.266 e. The first-order chi connectivity index (χ1) is 15.2. The molecule has 0 saturated carbocycles. The number of hydrogen-bond acceptors (Lipinski definition) is 8. The molecule has 172 valence electrons. The van der Waals surface area contributed by atoms with E-state index in [1.54, 1.807) is 39.2 Å². The minimum atomic E-state index is -3.45. The fraction of sp³-hybridized carbons (Fsp3) is 0.381. The molecule has 0 aliphatic heterocycles. The van der Waals surface area contributed by atoms with E-state index in [0.29, 0.717) is 55.7 Å². The van der Waals surface area contributed by atoms with Crippen molar-refractivity contribution in [3.63, 3.8) is 0 Å². The minimum absolute atomic E-state index is 0.0257. The van der Waals surface area contributed by atoms with Crippen LogP contribution in [0.2, 0.25) is 0 Å². The number of methoxy groups -OCH3 is 2. The number of carbonyl (C=O) groups excluding carboxylic acids is 1. The van der Waals surface area contributed by atoms with Crippen LogP contribution in [0.25, 0.3) is 10.2 Å². The molecule has 1 amide bonds. The van der Waals surface area contributed by atoms with Gasteiger partial charge in [0, 0.05) is 12.8 Å². The van der Waals surface area contributed by atoms with Gasteiger partial charge in [0.25, 0.3) is 5.91 Å². The number of fused-ring (bicyclic) bond motifs is 1. The fourth-order valence-electron chi connectivity index (χ4n) is 3.25. The monoisotopic (exact) mass is 478 g/mol. The number of rotatable bonds is 9. The third kappa shape index (κ3) is 5.00. The largest absolute Gasteiger partial charge is 0.480 e. The summed E-state index contributed by atoms with van der Waals surface area (Å²) < 4.78 is 37.4. The van der Waals surface area contributed by atoms with Crippen molar-refractivity contribution in [3.05, 3.63) is 40.0 Å². The quantitative estimate of drug-likeness (QED) is 0.479. The van der Waals surface area contributed by atoms with Crippen LogP contribution >= 0.6 is 11.3 Å². The van der Waals surface area contributed by atoms with Gasteiger partial charge >= 0.3 is 0 Å². The van der Waals surface area contributed by atoms with E-state index < -0.39 is 10.0 Å². The number of nitrogens with one attached hydrogen (secondary N) is 2. The van der Waals surface area contributed by atoms with Crippen LogP contribution in [0, 0.1) is 13.8 Å². The second-order valence-electron chi connectivity index (χ2n) is 7.17. The van der Waals surface area contributed by atoms with Crippen LogP contribution in [0.5, 0.6) is 5.88 Å². The molecule has 1 aromatic carbocycles. The van der Waals surface area contributed by atoms with Crippen molar-refractivity contribution in [2.24, 2.45) is 0 Å². The first kappa shape index (κ1) is 23.9. The summed E-state index contributed by atoms with van der Waals surface area (Å²) in [4.78, 5) is 23.0. The van der Waals surface area contributed by atoms with Gasteiger partial charge in [-0.05, 0) is 43.5 Å². The number of amides is 1. The first-order valence-electron chi connectivity index (χ1n) is 9.95. The van der Waals surface area contributed by atoms with Crippen LogP contribution < -0.4 is 14.8 Å². The molecule has 3 rings (SSSR count). The van der Waals surface area contributed by atoms with Gasteiger partial charge < -0.3 is 14.8 Å². The lowest BCUT2D eigenvalue weighted by Crippen LogP contribution is -2.18. The second-order valence-corrected chi connectivity index (χ2v) is 10.0. The van der Waals surface area contributed by atoms with Gasteiger partial charge in [0.1, 0.15) is 11.4 Å². The van der Waals surface area contributed by atoms with Gasteiger partial charge in [-0.1, -0.05) is 13.0 Å².